The molecule has 1 saturated carbocycles. The first-order valence-electron chi connectivity index (χ1n) is 9.76. The highest BCUT2D eigenvalue weighted by molar-refractivity contribution is 5.02. The van der Waals surface area contributed by atoms with Crippen LogP contribution in [0, 0.1) is 6.92 Å². The quantitative estimate of drug-likeness (QED) is 0.843. The number of likely N-dealkylation sites (tertiary alicyclic amines) is 1. The van der Waals surface area contributed by atoms with Crippen molar-refractivity contribution >= 4 is 0 Å². The van der Waals surface area contributed by atoms with Crippen molar-refractivity contribution in [1.29, 1.82) is 0 Å². The first-order valence-corrected chi connectivity index (χ1v) is 9.76. The van der Waals surface area contributed by atoms with Gasteiger partial charge in [-0.3, -0.25) is 24.7 Å². The average molecular weight is 329 g/mol. The van der Waals surface area contributed by atoms with Crippen LogP contribution in [-0.2, 0) is 6.54 Å². The molecule has 132 valence electrons. The Morgan fingerprint density at radius 1 is 0.875 bits per heavy atom. The Kier molecular flexibility index (Phi) is 5.11. The standard InChI is InChI=1S/C19H31N5/c1-16-11-21-17(12-20-16)13-22-14-19(15-22)24-9-7-23(8-10-24)18-5-3-2-4-6-18/h11-12,18-19H,2-10,13-15H2,1H3. The van der Waals surface area contributed by atoms with Crippen molar-refractivity contribution in [2.45, 2.75) is 57.7 Å². The lowest BCUT2D eigenvalue weighted by molar-refractivity contribution is -0.0109. The van der Waals surface area contributed by atoms with Crippen molar-refractivity contribution in [3.8, 4) is 0 Å². The molecule has 3 heterocycles. The third-order valence-electron chi connectivity index (χ3n) is 6.11. The minimum absolute atomic E-state index is 0.761. The molecule has 0 spiro atoms. The van der Waals surface area contributed by atoms with Crippen LogP contribution < -0.4 is 0 Å². The van der Waals surface area contributed by atoms with Crippen LogP contribution in [0.25, 0.3) is 0 Å². The first kappa shape index (κ1) is 16.4. The molecule has 0 bridgehead atoms. The van der Waals surface area contributed by atoms with Crippen molar-refractivity contribution in [3.63, 3.8) is 0 Å². The van der Waals surface area contributed by atoms with Gasteiger partial charge >= 0.3 is 0 Å². The van der Waals surface area contributed by atoms with Crippen LogP contribution in [-0.4, -0.2) is 76.0 Å². The van der Waals surface area contributed by atoms with Gasteiger partial charge in [0, 0.05) is 70.3 Å². The van der Waals surface area contributed by atoms with E-state index >= 15 is 0 Å². The highest BCUT2D eigenvalue weighted by atomic mass is 15.4. The van der Waals surface area contributed by atoms with E-state index in [0.717, 1.165) is 30.0 Å². The van der Waals surface area contributed by atoms with Crippen LogP contribution in [0.4, 0.5) is 0 Å². The molecule has 1 aliphatic carbocycles. The zero-order valence-corrected chi connectivity index (χ0v) is 15.0. The summed E-state index contributed by atoms with van der Waals surface area (Å²) in [5.41, 5.74) is 2.09. The average Bonchev–Trinajstić information content (AvgIpc) is 2.60. The Hall–Kier alpha value is -1.04. The van der Waals surface area contributed by atoms with E-state index in [-0.39, 0.29) is 0 Å². The minimum Gasteiger partial charge on any atom is -0.298 e. The third kappa shape index (κ3) is 3.79. The predicted molar refractivity (Wildman–Crippen MR) is 95.9 cm³/mol. The van der Waals surface area contributed by atoms with Gasteiger partial charge in [0.1, 0.15) is 0 Å². The molecule has 24 heavy (non-hydrogen) atoms. The van der Waals surface area contributed by atoms with Crippen molar-refractivity contribution in [1.82, 2.24) is 24.7 Å². The molecular formula is C19H31N5. The fourth-order valence-corrected chi connectivity index (χ4v) is 4.55. The van der Waals surface area contributed by atoms with Crippen molar-refractivity contribution in [3.05, 3.63) is 23.8 Å². The van der Waals surface area contributed by atoms with Gasteiger partial charge in [-0.05, 0) is 19.8 Å². The van der Waals surface area contributed by atoms with Gasteiger partial charge in [-0.1, -0.05) is 19.3 Å². The van der Waals surface area contributed by atoms with Crippen LogP contribution >= 0.6 is 0 Å². The van der Waals surface area contributed by atoms with Crippen LogP contribution in [0.2, 0.25) is 0 Å². The van der Waals surface area contributed by atoms with Crippen molar-refractivity contribution in [2.24, 2.45) is 0 Å². The maximum atomic E-state index is 4.47. The Labute approximate surface area is 146 Å². The number of hydrogen-bond acceptors (Lipinski definition) is 5. The van der Waals surface area contributed by atoms with E-state index in [0.29, 0.717) is 0 Å². The summed E-state index contributed by atoms with van der Waals surface area (Å²) in [6.07, 6.45) is 11.0. The number of piperazine rings is 1. The minimum atomic E-state index is 0.761. The summed E-state index contributed by atoms with van der Waals surface area (Å²) in [6.45, 7) is 10.4. The highest BCUT2D eigenvalue weighted by Crippen LogP contribution is 2.25. The first-order chi connectivity index (χ1) is 11.8. The normalized spacial score (nSPS) is 25.7. The summed E-state index contributed by atoms with van der Waals surface area (Å²) in [5.74, 6) is 0. The van der Waals surface area contributed by atoms with Crippen molar-refractivity contribution < 1.29 is 0 Å². The zero-order chi connectivity index (χ0) is 16.4. The monoisotopic (exact) mass is 329 g/mol. The van der Waals surface area contributed by atoms with Crippen molar-refractivity contribution in [2.75, 3.05) is 39.3 Å². The van der Waals surface area contributed by atoms with Crippen LogP contribution in [0.3, 0.4) is 0 Å². The van der Waals surface area contributed by atoms with Gasteiger partial charge in [-0.2, -0.15) is 0 Å². The van der Waals surface area contributed by atoms with Gasteiger partial charge in [-0.25, -0.2) is 0 Å². The molecule has 3 fully saturated rings. The molecule has 1 aromatic rings. The van der Waals surface area contributed by atoms with Gasteiger partial charge in [0.2, 0.25) is 0 Å². The second-order valence-electron chi connectivity index (χ2n) is 7.86. The van der Waals surface area contributed by atoms with Crippen LogP contribution in [0.15, 0.2) is 12.4 Å². The molecule has 3 aliphatic rings. The number of aryl methyl sites for hydroxylation is 1. The molecule has 1 aromatic heterocycles. The Balaban J connectivity index is 1.19. The maximum Gasteiger partial charge on any atom is 0.0727 e. The molecule has 0 radical (unpaired) electrons. The van der Waals surface area contributed by atoms with Crippen LogP contribution in [0.1, 0.15) is 43.5 Å². The molecule has 5 heteroatoms. The molecule has 4 rings (SSSR count). The molecule has 2 aliphatic heterocycles. The summed E-state index contributed by atoms with van der Waals surface area (Å²) < 4.78 is 0. The number of rotatable bonds is 4. The SMILES string of the molecule is Cc1cnc(CN2CC(N3CCN(C4CCCCC4)CC3)C2)cn1. The van der Waals surface area contributed by atoms with Gasteiger partial charge in [0.25, 0.3) is 0 Å². The van der Waals surface area contributed by atoms with E-state index in [1.807, 2.05) is 19.3 Å². The summed E-state index contributed by atoms with van der Waals surface area (Å²) in [6, 6.07) is 1.65. The molecule has 0 unspecified atom stereocenters. The third-order valence-corrected chi connectivity index (χ3v) is 6.11. The van der Waals surface area contributed by atoms with E-state index in [9.17, 15) is 0 Å². The summed E-state index contributed by atoms with van der Waals surface area (Å²) in [4.78, 5) is 16.8. The molecule has 0 amide bonds. The highest BCUT2D eigenvalue weighted by Gasteiger charge is 2.34. The lowest BCUT2D eigenvalue weighted by atomic mass is 9.93. The van der Waals surface area contributed by atoms with E-state index in [1.165, 1.54) is 71.4 Å². The topological polar surface area (TPSA) is 35.5 Å². The van der Waals surface area contributed by atoms with Gasteiger partial charge < -0.3 is 0 Å². The number of hydrogen-bond donors (Lipinski definition) is 0. The molecule has 5 nitrogen and oxygen atoms in total. The molecule has 0 aromatic carbocycles. The number of aromatic nitrogens is 2. The van der Waals surface area contributed by atoms with E-state index in [1.54, 1.807) is 0 Å². The lowest BCUT2D eigenvalue weighted by Crippen LogP contribution is -2.63. The fraction of sp³-hybridized carbons (Fsp3) is 0.789. The Morgan fingerprint density at radius 2 is 1.54 bits per heavy atom. The predicted octanol–water partition coefficient (Wildman–Crippen LogP) is 1.92. The maximum absolute atomic E-state index is 4.47. The zero-order valence-electron chi connectivity index (χ0n) is 15.0. The molecule has 0 atom stereocenters. The van der Waals surface area contributed by atoms with Gasteiger partial charge in [0.15, 0.2) is 0 Å². The number of nitrogens with zero attached hydrogens (tertiary/aromatic N) is 5. The second kappa shape index (κ2) is 7.46. The lowest BCUT2D eigenvalue weighted by Gasteiger charge is -2.49. The Morgan fingerprint density at radius 3 is 2.17 bits per heavy atom. The Bertz CT molecular complexity index is 511. The molecule has 2 saturated heterocycles. The molecule has 0 N–H and O–H groups in total. The van der Waals surface area contributed by atoms with E-state index in [4.69, 9.17) is 0 Å². The largest absolute Gasteiger partial charge is 0.298 e. The fourth-order valence-electron chi connectivity index (χ4n) is 4.55. The smallest absolute Gasteiger partial charge is 0.0727 e. The van der Waals surface area contributed by atoms with E-state index in [2.05, 4.69) is 24.7 Å². The van der Waals surface area contributed by atoms with Gasteiger partial charge in [-0.15, -0.1) is 0 Å². The molecular weight excluding hydrogens is 298 g/mol. The van der Waals surface area contributed by atoms with Crippen LogP contribution in [0.5, 0.6) is 0 Å². The second-order valence-corrected chi connectivity index (χ2v) is 7.86. The summed E-state index contributed by atoms with van der Waals surface area (Å²) in [5, 5.41) is 0. The van der Waals surface area contributed by atoms with Gasteiger partial charge in [0.05, 0.1) is 11.4 Å². The summed E-state index contributed by atoms with van der Waals surface area (Å²) >= 11 is 0. The van der Waals surface area contributed by atoms with E-state index < -0.39 is 0 Å². The summed E-state index contributed by atoms with van der Waals surface area (Å²) in [7, 11) is 0.